The van der Waals surface area contributed by atoms with Crippen molar-refractivity contribution in [1.82, 2.24) is 0 Å². The van der Waals surface area contributed by atoms with E-state index in [1.165, 1.54) is 19.7 Å². The molecule has 0 aromatic rings. The Morgan fingerprint density at radius 3 is 2.78 bits per heavy atom. The maximum Gasteiger partial charge on any atom is 0.173 e. The highest BCUT2D eigenvalue weighted by Gasteiger charge is 1.74. The molecule has 0 saturated heterocycles. The average Bonchev–Trinajstić information content (AvgIpc) is 1.89. The lowest BCUT2D eigenvalue weighted by Gasteiger charge is -1.83. The van der Waals surface area contributed by atoms with E-state index in [-0.39, 0.29) is 0 Å². The third kappa shape index (κ3) is 4.74. The standard InChI is InChI=1S/C6H10N2O/c1-6(3-7)4-8-5-9-2/h3-5,7H,1-2H3/b6-4-,7-3?,8-5+. The van der Waals surface area contributed by atoms with Crippen LogP contribution in [0.4, 0.5) is 0 Å². The van der Waals surface area contributed by atoms with Crippen LogP contribution in [0.3, 0.4) is 0 Å². The molecule has 0 aromatic heterocycles. The lowest BCUT2D eigenvalue weighted by Crippen LogP contribution is -1.76. The van der Waals surface area contributed by atoms with Crippen molar-refractivity contribution in [3.05, 3.63) is 11.8 Å². The van der Waals surface area contributed by atoms with Gasteiger partial charge in [-0.05, 0) is 12.5 Å². The smallest absolute Gasteiger partial charge is 0.173 e. The first-order valence-corrected chi connectivity index (χ1v) is 2.53. The van der Waals surface area contributed by atoms with Crippen molar-refractivity contribution in [1.29, 1.82) is 5.41 Å². The zero-order valence-corrected chi connectivity index (χ0v) is 5.59. The molecule has 0 rings (SSSR count). The van der Waals surface area contributed by atoms with Gasteiger partial charge in [0, 0.05) is 12.4 Å². The van der Waals surface area contributed by atoms with Gasteiger partial charge >= 0.3 is 0 Å². The Morgan fingerprint density at radius 1 is 1.67 bits per heavy atom. The number of allylic oxidation sites excluding steroid dienone is 1. The summed E-state index contributed by atoms with van der Waals surface area (Å²) in [5.74, 6) is 0. The highest BCUT2D eigenvalue weighted by atomic mass is 16.5. The molecule has 0 spiro atoms. The van der Waals surface area contributed by atoms with Gasteiger partial charge in [0.2, 0.25) is 0 Å². The molecule has 1 N–H and O–H groups in total. The summed E-state index contributed by atoms with van der Waals surface area (Å²) in [7, 11) is 1.52. The van der Waals surface area contributed by atoms with Crippen molar-refractivity contribution < 1.29 is 4.74 Å². The van der Waals surface area contributed by atoms with Crippen LogP contribution in [-0.2, 0) is 4.74 Å². The van der Waals surface area contributed by atoms with Crippen LogP contribution < -0.4 is 0 Å². The molecule has 0 fully saturated rings. The summed E-state index contributed by atoms with van der Waals surface area (Å²) in [6.45, 7) is 1.79. The number of aliphatic imine (C=N–C) groups is 1. The van der Waals surface area contributed by atoms with Crippen LogP contribution in [0, 0.1) is 5.41 Å². The number of methoxy groups -OCH3 is 1. The molecule has 0 heterocycles. The number of ether oxygens (including phenoxy) is 1. The maximum atomic E-state index is 6.74. The van der Waals surface area contributed by atoms with E-state index in [4.69, 9.17) is 5.41 Å². The fraction of sp³-hybridized carbons (Fsp3) is 0.333. The quantitative estimate of drug-likeness (QED) is 0.448. The van der Waals surface area contributed by atoms with E-state index in [0.717, 1.165) is 5.57 Å². The lowest BCUT2D eigenvalue weighted by molar-refractivity contribution is 0.423. The van der Waals surface area contributed by atoms with Crippen molar-refractivity contribution in [2.24, 2.45) is 4.99 Å². The molecule has 9 heavy (non-hydrogen) atoms. The van der Waals surface area contributed by atoms with Crippen LogP contribution >= 0.6 is 0 Å². The van der Waals surface area contributed by atoms with Crippen LogP contribution in [-0.4, -0.2) is 19.7 Å². The second-order valence-electron chi connectivity index (χ2n) is 1.51. The van der Waals surface area contributed by atoms with Crippen LogP contribution in [0.15, 0.2) is 16.8 Å². The first-order chi connectivity index (χ1) is 4.31. The number of nitrogens with zero attached hydrogens (tertiary/aromatic N) is 1. The van der Waals surface area contributed by atoms with E-state index in [9.17, 15) is 0 Å². The molecule has 0 aliphatic heterocycles. The fourth-order valence-electron chi connectivity index (χ4n) is 0.246. The monoisotopic (exact) mass is 126 g/mol. The number of hydrogen-bond donors (Lipinski definition) is 1. The first kappa shape index (κ1) is 7.88. The number of nitrogens with one attached hydrogen (secondary N) is 1. The summed E-state index contributed by atoms with van der Waals surface area (Å²) in [6, 6.07) is 0. The Morgan fingerprint density at radius 2 is 2.33 bits per heavy atom. The van der Waals surface area contributed by atoms with Crippen LogP contribution in [0.1, 0.15) is 6.92 Å². The largest absolute Gasteiger partial charge is 0.486 e. The van der Waals surface area contributed by atoms with Crippen molar-refractivity contribution in [3.63, 3.8) is 0 Å². The average molecular weight is 126 g/mol. The van der Waals surface area contributed by atoms with Crippen LogP contribution in [0.5, 0.6) is 0 Å². The van der Waals surface area contributed by atoms with Gasteiger partial charge in [0.05, 0.1) is 7.11 Å². The van der Waals surface area contributed by atoms with Crippen LogP contribution in [0.25, 0.3) is 0 Å². The Balaban J connectivity index is 3.68. The van der Waals surface area contributed by atoms with Gasteiger partial charge in [0.1, 0.15) is 0 Å². The molecule has 3 heteroatoms. The van der Waals surface area contributed by atoms with Gasteiger partial charge in [-0.15, -0.1) is 0 Å². The Kier molecular flexibility index (Phi) is 4.40. The van der Waals surface area contributed by atoms with Gasteiger partial charge in [-0.25, -0.2) is 4.99 Å². The van der Waals surface area contributed by atoms with Crippen molar-refractivity contribution in [2.75, 3.05) is 7.11 Å². The number of rotatable bonds is 3. The Hall–Kier alpha value is -1.12. The van der Waals surface area contributed by atoms with Gasteiger partial charge < -0.3 is 10.1 Å². The van der Waals surface area contributed by atoms with Gasteiger partial charge in [-0.2, -0.15) is 0 Å². The summed E-state index contributed by atoms with van der Waals surface area (Å²) < 4.78 is 4.53. The third-order valence-electron chi connectivity index (χ3n) is 0.672. The Labute approximate surface area is 54.6 Å². The van der Waals surface area contributed by atoms with E-state index >= 15 is 0 Å². The van der Waals surface area contributed by atoms with E-state index in [1.807, 2.05) is 0 Å². The summed E-state index contributed by atoms with van der Waals surface area (Å²) in [4.78, 5) is 3.70. The zero-order valence-electron chi connectivity index (χ0n) is 5.59. The molecule has 0 unspecified atom stereocenters. The lowest BCUT2D eigenvalue weighted by atomic mass is 10.4. The van der Waals surface area contributed by atoms with Crippen molar-refractivity contribution in [2.45, 2.75) is 6.92 Å². The van der Waals surface area contributed by atoms with Crippen molar-refractivity contribution in [3.8, 4) is 0 Å². The molecule has 0 saturated carbocycles. The Bertz CT molecular complexity index is 138. The molecular weight excluding hydrogens is 116 g/mol. The number of hydrogen-bond acceptors (Lipinski definition) is 3. The van der Waals surface area contributed by atoms with Crippen molar-refractivity contribution >= 4 is 12.6 Å². The summed E-state index contributed by atoms with van der Waals surface area (Å²) >= 11 is 0. The molecule has 0 aliphatic carbocycles. The van der Waals surface area contributed by atoms with E-state index in [0.29, 0.717) is 0 Å². The summed E-state index contributed by atoms with van der Waals surface area (Å²) in [6.07, 6.45) is 4.09. The topological polar surface area (TPSA) is 45.4 Å². The fourth-order valence-corrected chi connectivity index (χ4v) is 0.246. The predicted octanol–water partition coefficient (Wildman–Crippen LogP) is 1.21. The SMILES string of the molecule is CO/C=N/C=C(/C)C=N. The highest BCUT2D eigenvalue weighted by molar-refractivity contribution is 5.74. The minimum absolute atomic E-state index is 0.795. The summed E-state index contributed by atoms with van der Waals surface area (Å²) in [5, 5.41) is 6.74. The van der Waals surface area contributed by atoms with Gasteiger partial charge in [-0.3, -0.25) is 0 Å². The third-order valence-corrected chi connectivity index (χ3v) is 0.672. The van der Waals surface area contributed by atoms with E-state index in [1.54, 1.807) is 13.1 Å². The van der Waals surface area contributed by atoms with Gasteiger partial charge in [0.25, 0.3) is 0 Å². The minimum Gasteiger partial charge on any atom is -0.486 e. The molecule has 0 amide bonds. The maximum absolute atomic E-state index is 6.74. The highest BCUT2D eigenvalue weighted by Crippen LogP contribution is 1.84. The molecule has 0 radical (unpaired) electrons. The zero-order chi connectivity index (χ0) is 7.11. The van der Waals surface area contributed by atoms with Gasteiger partial charge in [-0.1, -0.05) is 0 Å². The first-order valence-electron chi connectivity index (χ1n) is 2.53. The summed E-state index contributed by atoms with van der Waals surface area (Å²) in [5.41, 5.74) is 0.795. The minimum atomic E-state index is 0.795. The molecule has 50 valence electrons. The predicted molar refractivity (Wildman–Crippen MR) is 38.0 cm³/mol. The molecule has 3 nitrogen and oxygen atoms in total. The molecule has 0 atom stereocenters. The van der Waals surface area contributed by atoms with Gasteiger partial charge in [0.15, 0.2) is 6.40 Å². The second kappa shape index (κ2) is 5.03. The molecule has 0 bridgehead atoms. The molecular formula is C6H10N2O. The van der Waals surface area contributed by atoms with Crippen LogP contribution in [0.2, 0.25) is 0 Å². The second-order valence-corrected chi connectivity index (χ2v) is 1.51. The van der Waals surface area contributed by atoms with E-state index < -0.39 is 0 Å². The molecule has 0 aromatic carbocycles. The normalized spacial score (nSPS) is 12.0. The van der Waals surface area contributed by atoms with E-state index in [2.05, 4.69) is 9.73 Å². The molecule has 0 aliphatic rings.